The van der Waals surface area contributed by atoms with E-state index in [1.165, 1.54) is 4.31 Å². The van der Waals surface area contributed by atoms with E-state index in [0.29, 0.717) is 17.9 Å². The summed E-state index contributed by atoms with van der Waals surface area (Å²) in [4.78, 5) is 13.4. The van der Waals surface area contributed by atoms with Crippen LogP contribution >= 0.6 is 0 Å². The van der Waals surface area contributed by atoms with Crippen molar-refractivity contribution in [3.05, 3.63) is 90.0 Å². The van der Waals surface area contributed by atoms with Gasteiger partial charge in [0.05, 0.1) is 17.1 Å². The molecule has 1 aliphatic rings. The summed E-state index contributed by atoms with van der Waals surface area (Å²) in [7, 11) is -3.88. The summed E-state index contributed by atoms with van der Waals surface area (Å²) < 4.78 is 34.2. The summed E-state index contributed by atoms with van der Waals surface area (Å²) in [6, 6.07) is 23.5. The maximum absolute atomic E-state index is 13.5. The molecule has 0 saturated heterocycles. The molecule has 3 aromatic carbocycles. The van der Waals surface area contributed by atoms with E-state index in [1.54, 1.807) is 48.5 Å². The Balaban J connectivity index is 1.59. The number of hydrogen-bond donors (Lipinski definition) is 1. The van der Waals surface area contributed by atoms with E-state index in [-0.39, 0.29) is 17.3 Å². The van der Waals surface area contributed by atoms with Gasteiger partial charge in [0, 0.05) is 5.54 Å². The van der Waals surface area contributed by atoms with Crippen LogP contribution in [0.5, 0.6) is 5.75 Å². The average molecular weight is 465 g/mol. The summed E-state index contributed by atoms with van der Waals surface area (Å²) >= 11 is 0. The van der Waals surface area contributed by atoms with Gasteiger partial charge in [-0.3, -0.25) is 9.10 Å². The first-order chi connectivity index (χ1) is 15.7. The van der Waals surface area contributed by atoms with Gasteiger partial charge in [-0.05, 0) is 57.0 Å². The molecular formula is C26H28N2O4S. The van der Waals surface area contributed by atoms with Crippen molar-refractivity contribution in [3.8, 4) is 5.75 Å². The van der Waals surface area contributed by atoms with Crippen molar-refractivity contribution in [2.24, 2.45) is 0 Å². The molecule has 4 rings (SSSR count). The number of anilines is 1. The normalized spacial score (nSPS) is 16.0. The second-order valence-electron chi connectivity index (χ2n) is 8.96. The molecule has 0 spiro atoms. The molecule has 0 aliphatic carbocycles. The lowest BCUT2D eigenvalue weighted by atomic mass is 9.94. The number of nitrogens with one attached hydrogen (secondary N) is 1. The standard InChI is InChI=1S/C26H28N2O4S/c1-19-13-15-21(16-14-19)33(30,31)28-18-24(32-23-12-8-7-11-22(23)28)25(29)27-26(2,3)17-20-9-5-4-6-10-20/h4-16,24H,17-18H2,1-3H3,(H,27,29)/t24-/m0/s1. The van der Waals surface area contributed by atoms with Gasteiger partial charge in [-0.2, -0.15) is 0 Å². The predicted octanol–water partition coefficient (Wildman–Crippen LogP) is 4.09. The van der Waals surface area contributed by atoms with Gasteiger partial charge in [0.25, 0.3) is 15.9 Å². The van der Waals surface area contributed by atoms with E-state index in [9.17, 15) is 13.2 Å². The molecule has 3 aromatic rings. The largest absolute Gasteiger partial charge is 0.476 e. The highest BCUT2D eigenvalue weighted by Gasteiger charge is 2.38. The number of para-hydroxylation sites is 2. The topological polar surface area (TPSA) is 75.7 Å². The van der Waals surface area contributed by atoms with E-state index in [0.717, 1.165) is 11.1 Å². The Labute approximate surface area is 195 Å². The van der Waals surface area contributed by atoms with Crippen molar-refractivity contribution in [1.29, 1.82) is 0 Å². The van der Waals surface area contributed by atoms with Crippen LogP contribution in [0.2, 0.25) is 0 Å². The van der Waals surface area contributed by atoms with Crippen LogP contribution in [0.25, 0.3) is 0 Å². The molecule has 0 fully saturated rings. The summed E-state index contributed by atoms with van der Waals surface area (Å²) in [6.45, 7) is 5.67. The van der Waals surface area contributed by atoms with Crippen LogP contribution in [0.1, 0.15) is 25.0 Å². The summed E-state index contributed by atoms with van der Waals surface area (Å²) in [5, 5.41) is 3.04. The van der Waals surface area contributed by atoms with Crippen molar-refractivity contribution in [1.82, 2.24) is 5.32 Å². The number of amides is 1. The van der Waals surface area contributed by atoms with E-state index >= 15 is 0 Å². The third-order valence-electron chi connectivity index (χ3n) is 5.59. The highest BCUT2D eigenvalue weighted by Crippen LogP contribution is 2.37. The molecule has 1 N–H and O–H groups in total. The molecule has 1 amide bonds. The highest BCUT2D eigenvalue weighted by atomic mass is 32.2. The maximum Gasteiger partial charge on any atom is 0.264 e. The Hall–Kier alpha value is -3.32. The molecule has 1 heterocycles. The zero-order valence-corrected chi connectivity index (χ0v) is 19.8. The summed E-state index contributed by atoms with van der Waals surface area (Å²) in [5.41, 5.74) is 1.94. The number of ether oxygens (including phenoxy) is 1. The number of carbonyl (C=O) groups excluding carboxylic acids is 1. The molecule has 6 nitrogen and oxygen atoms in total. The minimum Gasteiger partial charge on any atom is -0.476 e. The summed E-state index contributed by atoms with van der Waals surface area (Å²) in [6.07, 6.45) is -0.343. The lowest BCUT2D eigenvalue weighted by Crippen LogP contribution is -2.55. The van der Waals surface area contributed by atoms with Gasteiger partial charge in [0.1, 0.15) is 5.75 Å². The Morgan fingerprint density at radius 1 is 1.00 bits per heavy atom. The van der Waals surface area contributed by atoms with Gasteiger partial charge < -0.3 is 10.1 Å². The zero-order chi connectivity index (χ0) is 23.6. The molecule has 1 aliphatic heterocycles. The highest BCUT2D eigenvalue weighted by molar-refractivity contribution is 7.92. The third kappa shape index (κ3) is 5.03. The molecular weight excluding hydrogens is 436 g/mol. The molecule has 0 unspecified atom stereocenters. The summed E-state index contributed by atoms with van der Waals surface area (Å²) in [5.74, 6) is 0.00925. The van der Waals surface area contributed by atoms with Crippen LogP contribution in [-0.2, 0) is 21.2 Å². The van der Waals surface area contributed by atoms with Crippen LogP contribution in [0, 0.1) is 6.92 Å². The monoisotopic (exact) mass is 464 g/mol. The van der Waals surface area contributed by atoms with Crippen molar-refractivity contribution >= 4 is 21.6 Å². The Morgan fingerprint density at radius 2 is 1.64 bits per heavy atom. The number of rotatable bonds is 6. The second kappa shape index (κ2) is 8.90. The fourth-order valence-electron chi connectivity index (χ4n) is 3.97. The van der Waals surface area contributed by atoms with Gasteiger partial charge in [-0.25, -0.2) is 8.42 Å². The number of carbonyl (C=O) groups is 1. The van der Waals surface area contributed by atoms with E-state index in [1.807, 2.05) is 51.1 Å². The predicted molar refractivity (Wildman–Crippen MR) is 129 cm³/mol. The van der Waals surface area contributed by atoms with Gasteiger partial charge in [-0.15, -0.1) is 0 Å². The number of hydrogen-bond acceptors (Lipinski definition) is 4. The third-order valence-corrected chi connectivity index (χ3v) is 7.38. The SMILES string of the molecule is Cc1ccc(S(=O)(=O)N2C[C@@H](C(=O)NC(C)(C)Cc3ccccc3)Oc3ccccc32)cc1. The molecule has 0 saturated carbocycles. The fraction of sp³-hybridized carbons (Fsp3) is 0.269. The number of aryl methyl sites for hydroxylation is 1. The van der Waals surface area contributed by atoms with Gasteiger partial charge in [0.15, 0.2) is 6.10 Å². The molecule has 0 bridgehead atoms. The van der Waals surface area contributed by atoms with Crippen LogP contribution in [-0.4, -0.2) is 32.5 Å². The lowest BCUT2D eigenvalue weighted by molar-refractivity contribution is -0.129. The Bertz CT molecular complexity index is 1240. The molecule has 172 valence electrons. The minimum absolute atomic E-state index is 0.111. The van der Waals surface area contributed by atoms with Gasteiger partial charge in [-0.1, -0.05) is 60.2 Å². The minimum atomic E-state index is -3.88. The number of benzene rings is 3. The van der Waals surface area contributed by atoms with Crippen molar-refractivity contribution in [3.63, 3.8) is 0 Å². The lowest BCUT2D eigenvalue weighted by Gasteiger charge is -2.36. The molecule has 0 aromatic heterocycles. The van der Waals surface area contributed by atoms with Crippen molar-refractivity contribution in [2.75, 3.05) is 10.8 Å². The van der Waals surface area contributed by atoms with E-state index in [2.05, 4.69) is 5.32 Å². The van der Waals surface area contributed by atoms with Crippen LogP contribution in [0.4, 0.5) is 5.69 Å². The van der Waals surface area contributed by atoms with Crippen molar-refractivity contribution < 1.29 is 17.9 Å². The Morgan fingerprint density at radius 3 is 2.33 bits per heavy atom. The van der Waals surface area contributed by atoms with Gasteiger partial charge in [0.2, 0.25) is 0 Å². The fourth-order valence-corrected chi connectivity index (χ4v) is 5.44. The molecule has 1 atom stereocenters. The Kier molecular flexibility index (Phi) is 6.17. The molecule has 0 radical (unpaired) electrons. The molecule has 33 heavy (non-hydrogen) atoms. The quantitative estimate of drug-likeness (QED) is 0.596. The number of fused-ring (bicyclic) bond motifs is 1. The van der Waals surface area contributed by atoms with Crippen LogP contribution in [0.3, 0.4) is 0 Å². The second-order valence-corrected chi connectivity index (χ2v) is 10.8. The van der Waals surface area contributed by atoms with E-state index < -0.39 is 21.7 Å². The first-order valence-electron chi connectivity index (χ1n) is 10.9. The first-order valence-corrected chi connectivity index (χ1v) is 12.3. The molecule has 7 heteroatoms. The van der Waals surface area contributed by atoms with Crippen LogP contribution < -0.4 is 14.4 Å². The average Bonchev–Trinajstić information content (AvgIpc) is 2.78. The number of nitrogens with zero attached hydrogens (tertiary/aromatic N) is 1. The smallest absolute Gasteiger partial charge is 0.264 e. The maximum atomic E-state index is 13.5. The van der Waals surface area contributed by atoms with Crippen molar-refractivity contribution in [2.45, 2.75) is 43.7 Å². The zero-order valence-electron chi connectivity index (χ0n) is 19.0. The van der Waals surface area contributed by atoms with Crippen LogP contribution in [0.15, 0.2) is 83.8 Å². The first kappa shape index (κ1) is 22.9. The van der Waals surface area contributed by atoms with Gasteiger partial charge >= 0.3 is 0 Å². The number of sulfonamides is 1. The van der Waals surface area contributed by atoms with E-state index in [4.69, 9.17) is 4.74 Å².